The SMILES string of the molecule is CC(N=C(N)C(C)(C)C)c1cn[nH]c1. The monoisotopic (exact) mass is 194 g/mol. The van der Waals surface area contributed by atoms with Crippen LogP contribution in [0.4, 0.5) is 0 Å². The number of H-pyrrole nitrogens is 1. The summed E-state index contributed by atoms with van der Waals surface area (Å²) < 4.78 is 0. The third-order valence-corrected chi connectivity index (χ3v) is 2.10. The van der Waals surface area contributed by atoms with E-state index in [0.29, 0.717) is 5.84 Å². The number of nitrogens with two attached hydrogens (primary N) is 1. The van der Waals surface area contributed by atoms with Crippen LogP contribution in [0.2, 0.25) is 0 Å². The van der Waals surface area contributed by atoms with Gasteiger partial charge in [0.2, 0.25) is 0 Å². The minimum atomic E-state index is -0.0714. The number of hydrogen-bond acceptors (Lipinski definition) is 2. The molecule has 4 nitrogen and oxygen atoms in total. The van der Waals surface area contributed by atoms with E-state index in [4.69, 9.17) is 5.73 Å². The Morgan fingerprint density at radius 2 is 2.21 bits per heavy atom. The zero-order valence-electron chi connectivity index (χ0n) is 9.20. The van der Waals surface area contributed by atoms with E-state index in [9.17, 15) is 0 Å². The molecule has 0 aliphatic heterocycles. The third kappa shape index (κ3) is 2.58. The fourth-order valence-corrected chi connectivity index (χ4v) is 0.966. The van der Waals surface area contributed by atoms with E-state index in [1.54, 1.807) is 6.20 Å². The summed E-state index contributed by atoms with van der Waals surface area (Å²) in [6.45, 7) is 8.15. The number of aromatic amines is 1. The van der Waals surface area contributed by atoms with Gasteiger partial charge in [-0.05, 0) is 6.92 Å². The van der Waals surface area contributed by atoms with Crippen molar-refractivity contribution < 1.29 is 0 Å². The highest BCUT2D eigenvalue weighted by Gasteiger charge is 2.16. The van der Waals surface area contributed by atoms with Gasteiger partial charge in [-0.1, -0.05) is 20.8 Å². The van der Waals surface area contributed by atoms with Crippen LogP contribution in [0.1, 0.15) is 39.3 Å². The number of hydrogen-bond donors (Lipinski definition) is 2. The van der Waals surface area contributed by atoms with Gasteiger partial charge in [0.1, 0.15) is 0 Å². The van der Waals surface area contributed by atoms with Crippen molar-refractivity contribution in [1.29, 1.82) is 0 Å². The average molecular weight is 194 g/mol. The molecule has 4 heteroatoms. The first-order valence-corrected chi connectivity index (χ1v) is 4.73. The number of aliphatic imine (C=N–C) groups is 1. The molecule has 1 aromatic rings. The van der Waals surface area contributed by atoms with Crippen LogP contribution in [0, 0.1) is 5.41 Å². The maximum Gasteiger partial charge on any atom is 0.0998 e. The molecule has 0 aliphatic carbocycles. The Morgan fingerprint density at radius 1 is 1.57 bits per heavy atom. The molecule has 0 spiro atoms. The molecule has 0 aliphatic rings. The van der Waals surface area contributed by atoms with Crippen LogP contribution < -0.4 is 5.73 Å². The summed E-state index contributed by atoms with van der Waals surface area (Å²) in [7, 11) is 0. The molecule has 1 aromatic heterocycles. The van der Waals surface area contributed by atoms with Crippen molar-refractivity contribution in [3.63, 3.8) is 0 Å². The maximum absolute atomic E-state index is 5.88. The van der Waals surface area contributed by atoms with Crippen molar-refractivity contribution in [1.82, 2.24) is 10.2 Å². The molecule has 0 saturated heterocycles. The smallest absolute Gasteiger partial charge is 0.0998 e. The molecule has 78 valence electrons. The molecule has 0 bridgehead atoms. The predicted molar refractivity (Wildman–Crippen MR) is 58.1 cm³/mol. The van der Waals surface area contributed by atoms with Crippen LogP contribution in [-0.2, 0) is 0 Å². The Morgan fingerprint density at radius 3 is 2.64 bits per heavy atom. The predicted octanol–water partition coefficient (Wildman–Crippen LogP) is 1.87. The largest absolute Gasteiger partial charge is 0.387 e. The summed E-state index contributed by atoms with van der Waals surface area (Å²) in [4.78, 5) is 4.43. The van der Waals surface area contributed by atoms with E-state index < -0.39 is 0 Å². The second-order valence-corrected chi connectivity index (χ2v) is 4.47. The Hall–Kier alpha value is -1.32. The normalized spacial score (nSPS) is 15.6. The summed E-state index contributed by atoms with van der Waals surface area (Å²) in [6.07, 6.45) is 3.61. The van der Waals surface area contributed by atoms with Gasteiger partial charge < -0.3 is 5.73 Å². The number of amidine groups is 1. The molecule has 1 atom stereocenters. The molecule has 14 heavy (non-hydrogen) atoms. The first-order valence-electron chi connectivity index (χ1n) is 4.73. The number of aromatic nitrogens is 2. The highest BCUT2D eigenvalue weighted by molar-refractivity contribution is 5.85. The van der Waals surface area contributed by atoms with E-state index in [-0.39, 0.29) is 11.5 Å². The van der Waals surface area contributed by atoms with E-state index >= 15 is 0 Å². The second-order valence-electron chi connectivity index (χ2n) is 4.47. The highest BCUT2D eigenvalue weighted by Crippen LogP contribution is 2.19. The van der Waals surface area contributed by atoms with Crippen molar-refractivity contribution in [3.8, 4) is 0 Å². The van der Waals surface area contributed by atoms with Crippen molar-refractivity contribution in [3.05, 3.63) is 18.0 Å². The lowest BCUT2D eigenvalue weighted by molar-refractivity contribution is 0.575. The third-order valence-electron chi connectivity index (χ3n) is 2.10. The van der Waals surface area contributed by atoms with Crippen LogP contribution in [0.15, 0.2) is 17.4 Å². The number of nitrogens with zero attached hydrogens (tertiary/aromatic N) is 2. The van der Waals surface area contributed by atoms with Gasteiger partial charge in [-0.3, -0.25) is 10.1 Å². The first-order chi connectivity index (χ1) is 6.41. The van der Waals surface area contributed by atoms with Crippen molar-refractivity contribution >= 4 is 5.84 Å². The van der Waals surface area contributed by atoms with Crippen molar-refractivity contribution in [2.75, 3.05) is 0 Å². The van der Waals surface area contributed by atoms with Gasteiger partial charge >= 0.3 is 0 Å². The quantitative estimate of drug-likeness (QED) is 0.557. The number of rotatable bonds is 2. The molecule has 0 aromatic carbocycles. The maximum atomic E-state index is 5.88. The van der Waals surface area contributed by atoms with Crippen molar-refractivity contribution in [2.24, 2.45) is 16.1 Å². The molecule has 1 unspecified atom stereocenters. The van der Waals surface area contributed by atoms with Gasteiger partial charge in [-0.25, -0.2) is 0 Å². The molecule has 1 heterocycles. The minimum absolute atomic E-state index is 0.0629. The summed E-state index contributed by atoms with van der Waals surface area (Å²) >= 11 is 0. The summed E-state index contributed by atoms with van der Waals surface area (Å²) in [5.74, 6) is 0.672. The average Bonchev–Trinajstić information content (AvgIpc) is 2.53. The van der Waals surface area contributed by atoms with Crippen LogP contribution in [-0.4, -0.2) is 16.0 Å². The van der Waals surface area contributed by atoms with E-state index in [0.717, 1.165) is 5.56 Å². The van der Waals surface area contributed by atoms with Gasteiger partial charge in [0, 0.05) is 17.2 Å². The molecule has 0 radical (unpaired) electrons. The van der Waals surface area contributed by atoms with Gasteiger partial charge in [-0.2, -0.15) is 5.10 Å². The fraction of sp³-hybridized carbons (Fsp3) is 0.600. The number of nitrogens with one attached hydrogen (secondary N) is 1. The molecule has 0 saturated carbocycles. The topological polar surface area (TPSA) is 67.1 Å². The van der Waals surface area contributed by atoms with Gasteiger partial charge in [0.15, 0.2) is 0 Å². The standard InChI is InChI=1S/C10H18N4/c1-7(8-5-12-13-6-8)14-9(11)10(2,3)4/h5-7H,1-4H3,(H2,11,14)(H,12,13). The van der Waals surface area contributed by atoms with E-state index in [1.807, 2.05) is 33.9 Å². The van der Waals surface area contributed by atoms with Gasteiger partial charge in [-0.15, -0.1) is 0 Å². The van der Waals surface area contributed by atoms with Crippen molar-refractivity contribution in [2.45, 2.75) is 33.7 Å². The molecular weight excluding hydrogens is 176 g/mol. The molecule has 0 amide bonds. The Bertz CT molecular complexity index is 305. The molecule has 3 N–H and O–H groups in total. The van der Waals surface area contributed by atoms with Crippen LogP contribution >= 0.6 is 0 Å². The highest BCUT2D eigenvalue weighted by atomic mass is 15.1. The Balaban J connectivity index is 2.78. The molecule has 0 fully saturated rings. The second kappa shape index (κ2) is 3.82. The Kier molecular flexibility index (Phi) is 2.93. The fourth-order valence-electron chi connectivity index (χ4n) is 0.966. The van der Waals surface area contributed by atoms with Crippen LogP contribution in [0.25, 0.3) is 0 Å². The summed E-state index contributed by atoms with van der Waals surface area (Å²) in [5, 5.41) is 6.64. The lowest BCUT2D eigenvalue weighted by Gasteiger charge is -2.18. The lowest BCUT2D eigenvalue weighted by atomic mass is 9.95. The molecular formula is C10H18N4. The Labute approximate surface area is 84.6 Å². The van der Waals surface area contributed by atoms with Gasteiger partial charge in [0.05, 0.1) is 18.1 Å². The first kappa shape index (κ1) is 10.8. The minimum Gasteiger partial charge on any atom is -0.387 e. The van der Waals surface area contributed by atoms with Gasteiger partial charge in [0.25, 0.3) is 0 Å². The zero-order chi connectivity index (χ0) is 10.8. The van der Waals surface area contributed by atoms with E-state index in [2.05, 4.69) is 15.2 Å². The summed E-state index contributed by atoms with van der Waals surface area (Å²) in [6, 6.07) is 0.0629. The summed E-state index contributed by atoms with van der Waals surface area (Å²) in [5.41, 5.74) is 6.86. The zero-order valence-corrected chi connectivity index (χ0v) is 9.20. The van der Waals surface area contributed by atoms with Crippen LogP contribution in [0.5, 0.6) is 0 Å². The van der Waals surface area contributed by atoms with E-state index in [1.165, 1.54) is 0 Å². The lowest BCUT2D eigenvalue weighted by Crippen LogP contribution is -2.29. The van der Waals surface area contributed by atoms with Crippen LogP contribution in [0.3, 0.4) is 0 Å². The molecule has 1 rings (SSSR count).